The molecule has 0 bridgehead atoms. The standard InChI is InChI=1S/C11H19N3O2/c1-7-5-8(14-16-7)6-13-10(15)9(12)11(2,3)4/h5,9H,6,12H2,1-4H3,(H,13,15)/t9-/m1/s1. The van der Waals surface area contributed by atoms with Crippen molar-refractivity contribution < 1.29 is 9.32 Å². The van der Waals surface area contributed by atoms with E-state index in [2.05, 4.69) is 10.5 Å². The highest BCUT2D eigenvalue weighted by Gasteiger charge is 2.27. The molecule has 1 heterocycles. The average Bonchev–Trinajstić information content (AvgIpc) is 2.58. The van der Waals surface area contributed by atoms with Crippen molar-refractivity contribution in [2.24, 2.45) is 11.1 Å². The average molecular weight is 225 g/mol. The smallest absolute Gasteiger partial charge is 0.237 e. The number of nitrogens with zero attached hydrogens (tertiary/aromatic N) is 1. The summed E-state index contributed by atoms with van der Waals surface area (Å²) in [7, 11) is 0. The molecule has 1 atom stereocenters. The first-order valence-electron chi connectivity index (χ1n) is 5.26. The Bertz CT molecular complexity index is 366. The van der Waals surface area contributed by atoms with Gasteiger partial charge in [-0.3, -0.25) is 4.79 Å². The zero-order valence-electron chi connectivity index (χ0n) is 10.2. The lowest BCUT2D eigenvalue weighted by Crippen LogP contribution is -2.48. The number of nitrogens with two attached hydrogens (primary N) is 1. The number of hydrogen-bond acceptors (Lipinski definition) is 4. The van der Waals surface area contributed by atoms with Gasteiger partial charge in [-0.25, -0.2) is 0 Å². The van der Waals surface area contributed by atoms with E-state index in [4.69, 9.17) is 10.3 Å². The van der Waals surface area contributed by atoms with Crippen LogP contribution in [-0.4, -0.2) is 17.1 Å². The summed E-state index contributed by atoms with van der Waals surface area (Å²) >= 11 is 0. The highest BCUT2D eigenvalue weighted by molar-refractivity contribution is 5.82. The summed E-state index contributed by atoms with van der Waals surface area (Å²) in [4.78, 5) is 11.7. The van der Waals surface area contributed by atoms with E-state index < -0.39 is 6.04 Å². The maximum atomic E-state index is 11.7. The van der Waals surface area contributed by atoms with Gasteiger partial charge in [-0.1, -0.05) is 25.9 Å². The monoisotopic (exact) mass is 225 g/mol. The molecule has 0 unspecified atom stereocenters. The third kappa shape index (κ3) is 3.34. The number of amides is 1. The Morgan fingerprint density at radius 2 is 2.25 bits per heavy atom. The quantitative estimate of drug-likeness (QED) is 0.803. The summed E-state index contributed by atoms with van der Waals surface area (Å²) in [6.07, 6.45) is 0. The summed E-state index contributed by atoms with van der Waals surface area (Å²) in [6, 6.07) is 1.25. The lowest BCUT2D eigenvalue weighted by Gasteiger charge is -2.25. The summed E-state index contributed by atoms with van der Waals surface area (Å²) in [5.74, 6) is 0.553. The number of carbonyl (C=O) groups is 1. The highest BCUT2D eigenvalue weighted by Crippen LogP contribution is 2.17. The molecular weight excluding hydrogens is 206 g/mol. The van der Waals surface area contributed by atoms with Gasteiger partial charge in [0.2, 0.25) is 5.91 Å². The maximum Gasteiger partial charge on any atom is 0.237 e. The van der Waals surface area contributed by atoms with Crippen LogP contribution in [0.25, 0.3) is 0 Å². The van der Waals surface area contributed by atoms with E-state index in [1.807, 2.05) is 20.8 Å². The van der Waals surface area contributed by atoms with Gasteiger partial charge in [0.05, 0.1) is 12.6 Å². The van der Waals surface area contributed by atoms with Crippen LogP contribution in [0.15, 0.2) is 10.6 Å². The minimum atomic E-state index is -0.527. The fourth-order valence-corrected chi connectivity index (χ4v) is 1.18. The molecule has 0 spiro atoms. The van der Waals surface area contributed by atoms with Gasteiger partial charge >= 0.3 is 0 Å². The molecule has 16 heavy (non-hydrogen) atoms. The molecule has 0 aliphatic rings. The van der Waals surface area contributed by atoms with E-state index in [1.165, 1.54) is 0 Å². The first-order valence-corrected chi connectivity index (χ1v) is 5.26. The minimum Gasteiger partial charge on any atom is -0.361 e. The number of hydrogen-bond donors (Lipinski definition) is 2. The second-order valence-electron chi connectivity index (χ2n) is 4.99. The van der Waals surface area contributed by atoms with Gasteiger partial charge in [0.15, 0.2) is 0 Å². The van der Waals surface area contributed by atoms with Crippen LogP contribution in [0.3, 0.4) is 0 Å². The molecule has 5 nitrogen and oxygen atoms in total. The van der Waals surface area contributed by atoms with Crippen LogP contribution in [0.2, 0.25) is 0 Å². The number of aromatic nitrogens is 1. The Hall–Kier alpha value is -1.36. The van der Waals surface area contributed by atoms with Crippen LogP contribution in [0.4, 0.5) is 0 Å². The van der Waals surface area contributed by atoms with E-state index in [1.54, 1.807) is 13.0 Å². The Balaban J connectivity index is 2.47. The lowest BCUT2D eigenvalue weighted by molar-refractivity contribution is -0.124. The molecule has 1 amide bonds. The first-order chi connectivity index (χ1) is 7.30. The fraction of sp³-hybridized carbons (Fsp3) is 0.636. The second kappa shape index (κ2) is 4.65. The van der Waals surface area contributed by atoms with Gasteiger partial charge in [-0.05, 0) is 12.3 Å². The minimum absolute atomic E-state index is 0.173. The zero-order chi connectivity index (χ0) is 12.3. The Labute approximate surface area is 95.4 Å². The molecule has 0 saturated carbocycles. The van der Waals surface area contributed by atoms with Crippen LogP contribution in [-0.2, 0) is 11.3 Å². The number of nitrogens with one attached hydrogen (secondary N) is 1. The van der Waals surface area contributed by atoms with Crippen molar-refractivity contribution in [3.63, 3.8) is 0 Å². The molecule has 0 radical (unpaired) electrons. The lowest BCUT2D eigenvalue weighted by atomic mass is 9.87. The SMILES string of the molecule is Cc1cc(CNC(=O)[C@@H](N)C(C)(C)C)no1. The molecule has 0 aliphatic heterocycles. The van der Waals surface area contributed by atoms with Gasteiger partial charge in [0, 0.05) is 6.07 Å². The molecule has 3 N–H and O–H groups in total. The molecule has 0 aromatic carbocycles. The van der Waals surface area contributed by atoms with Crippen molar-refractivity contribution in [3.8, 4) is 0 Å². The van der Waals surface area contributed by atoms with Crippen molar-refractivity contribution in [1.29, 1.82) is 0 Å². The molecule has 1 aromatic heterocycles. The van der Waals surface area contributed by atoms with Crippen LogP contribution in [0.5, 0.6) is 0 Å². The van der Waals surface area contributed by atoms with Crippen molar-refractivity contribution in [2.45, 2.75) is 40.3 Å². The number of rotatable bonds is 3. The van der Waals surface area contributed by atoms with Gasteiger partial charge in [-0.15, -0.1) is 0 Å². The molecule has 0 saturated heterocycles. The van der Waals surface area contributed by atoms with Gasteiger partial charge < -0.3 is 15.6 Å². The fourth-order valence-electron chi connectivity index (χ4n) is 1.18. The largest absolute Gasteiger partial charge is 0.361 e. The first kappa shape index (κ1) is 12.7. The van der Waals surface area contributed by atoms with Crippen molar-refractivity contribution in [1.82, 2.24) is 10.5 Å². The number of aryl methyl sites for hydroxylation is 1. The summed E-state index contributed by atoms with van der Waals surface area (Å²) in [6.45, 7) is 7.94. The van der Waals surface area contributed by atoms with Gasteiger partial charge in [0.25, 0.3) is 0 Å². The van der Waals surface area contributed by atoms with E-state index in [0.29, 0.717) is 12.2 Å². The Kier molecular flexibility index (Phi) is 3.70. The predicted molar refractivity (Wildman–Crippen MR) is 60.5 cm³/mol. The summed E-state index contributed by atoms with van der Waals surface area (Å²) in [5.41, 5.74) is 6.26. The molecule has 1 rings (SSSR count). The second-order valence-corrected chi connectivity index (χ2v) is 4.99. The van der Waals surface area contributed by atoms with Crippen molar-refractivity contribution >= 4 is 5.91 Å². The summed E-state index contributed by atoms with van der Waals surface area (Å²) in [5, 5.41) is 6.51. The van der Waals surface area contributed by atoms with Crippen molar-refractivity contribution in [2.75, 3.05) is 0 Å². The molecule has 1 aromatic rings. The number of carbonyl (C=O) groups excluding carboxylic acids is 1. The van der Waals surface area contributed by atoms with E-state index >= 15 is 0 Å². The Morgan fingerprint density at radius 3 is 2.69 bits per heavy atom. The third-order valence-corrected chi connectivity index (χ3v) is 2.34. The molecule has 0 fully saturated rings. The maximum absolute atomic E-state index is 11.7. The van der Waals surface area contributed by atoms with Crippen molar-refractivity contribution in [3.05, 3.63) is 17.5 Å². The Morgan fingerprint density at radius 1 is 1.62 bits per heavy atom. The molecular formula is C11H19N3O2. The predicted octanol–water partition coefficient (Wildman–Crippen LogP) is 0.973. The molecule has 90 valence electrons. The van der Waals surface area contributed by atoms with E-state index in [-0.39, 0.29) is 11.3 Å². The zero-order valence-corrected chi connectivity index (χ0v) is 10.2. The molecule has 5 heteroatoms. The van der Waals surface area contributed by atoms with E-state index in [9.17, 15) is 4.79 Å². The van der Waals surface area contributed by atoms with Crippen LogP contribution in [0.1, 0.15) is 32.2 Å². The van der Waals surface area contributed by atoms with Crippen LogP contribution in [0, 0.1) is 12.3 Å². The topological polar surface area (TPSA) is 81.2 Å². The van der Waals surface area contributed by atoms with Crippen LogP contribution < -0.4 is 11.1 Å². The summed E-state index contributed by atoms with van der Waals surface area (Å²) < 4.78 is 4.89. The molecule has 0 aliphatic carbocycles. The highest BCUT2D eigenvalue weighted by atomic mass is 16.5. The normalized spacial score (nSPS) is 13.6. The van der Waals surface area contributed by atoms with E-state index in [0.717, 1.165) is 5.76 Å². The van der Waals surface area contributed by atoms with Gasteiger partial charge in [0.1, 0.15) is 11.5 Å². The third-order valence-electron chi connectivity index (χ3n) is 2.34. The van der Waals surface area contributed by atoms with Crippen LogP contribution >= 0.6 is 0 Å². The van der Waals surface area contributed by atoms with Gasteiger partial charge in [-0.2, -0.15) is 0 Å².